The molecule has 7 nitrogen and oxygen atoms in total. The van der Waals surface area contributed by atoms with Crippen LogP contribution < -0.4 is 5.32 Å². The average molecular weight is 387 g/mol. The molecule has 1 aliphatic heterocycles. The Hall–Kier alpha value is -2.84. The summed E-state index contributed by atoms with van der Waals surface area (Å²) in [6.07, 6.45) is -0.0730. The lowest BCUT2D eigenvalue weighted by atomic mass is 10.0. The van der Waals surface area contributed by atoms with Crippen LogP contribution in [0.1, 0.15) is 17.2 Å². The van der Waals surface area contributed by atoms with E-state index in [9.17, 15) is 19.3 Å². The van der Waals surface area contributed by atoms with E-state index in [4.69, 9.17) is 4.74 Å². The maximum atomic E-state index is 13.3. The minimum absolute atomic E-state index is 0.0686. The van der Waals surface area contributed by atoms with Crippen LogP contribution >= 0.6 is 0 Å². The number of rotatable bonds is 7. The number of ether oxygens (including phenoxy) is 1. The Balaban J connectivity index is 1.68. The highest BCUT2D eigenvalue weighted by molar-refractivity contribution is 5.79. The molecular formula is C20H22FN3O4. The maximum absolute atomic E-state index is 13.3. The molecule has 1 amide bonds. The average Bonchev–Trinajstić information content (AvgIpc) is 2.70. The largest absolute Gasteiger partial charge is 0.379 e. The van der Waals surface area contributed by atoms with Crippen LogP contribution in [-0.4, -0.2) is 48.6 Å². The lowest BCUT2D eigenvalue weighted by Crippen LogP contribution is -2.44. The second-order valence-electron chi connectivity index (χ2n) is 6.58. The van der Waals surface area contributed by atoms with E-state index in [2.05, 4.69) is 10.2 Å². The topological polar surface area (TPSA) is 84.7 Å². The summed E-state index contributed by atoms with van der Waals surface area (Å²) in [7, 11) is 0. The van der Waals surface area contributed by atoms with E-state index in [-0.39, 0.29) is 29.9 Å². The van der Waals surface area contributed by atoms with Crippen LogP contribution in [0, 0.1) is 15.9 Å². The molecule has 1 saturated heterocycles. The second kappa shape index (κ2) is 9.38. The number of nitro groups is 1. The SMILES string of the molecule is O=C(Cc1ccccc1[N+](=O)[O-])NCC(c1ccc(F)cc1)N1CCOCC1. The fourth-order valence-electron chi connectivity index (χ4n) is 3.32. The van der Waals surface area contributed by atoms with Crippen molar-refractivity contribution < 1.29 is 18.8 Å². The summed E-state index contributed by atoms with van der Waals surface area (Å²) >= 11 is 0. The van der Waals surface area contributed by atoms with Crippen molar-refractivity contribution >= 4 is 11.6 Å². The first kappa shape index (κ1) is 19.9. The highest BCUT2D eigenvalue weighted by Gasteiger charge is 2.24. The van der Waals surface area contributed by atoms with E-state index in [1.807, 2.05) is 0 Å². The van der Waals surface area contributed by atoms with Crippen molar-refractivity contribution in [2.45, 2.75) is 12.5 Å². The van der Waals surface area contributed by atoms with Gasteiger partial charge in [-0.15, -0.1) is 0 Å². The molecule has 0 bridgehead atoms. The molecule has 0 spiro atoms. The van der Waals surface area contributed by atoms with Crippen LogP contribution in [0.25, 0.3) is 0 Å². The highest BCUT2D eigenvalue weighted by atomic mass is 19.1. The number of nitro benzene ring substituents is 1. The summed E-state index contributed by atoms with van der Waals surface area (Å²) in [5, 5.41) is 14.0. The van der Waals surface area contributed by atoms with E-state index in [0.717, 1.165) is 5.56 Å². The van der Waals surface area contributed by atoms with Crippen molar-refractivity contribution in [1.29, 1.82) is 0 Å². The predicted molar refractivity (Wildman–Crippen MR) is 101 cm³/mol. The van der Waals surface area contributed by atoms with Crippen LogP contribution in [0.3, 0.4) is 0 Å². The van der Waals surface area contributed by atoms with Gasteiger partial charge >= 0.3 is 0 Å². The van der Waals surface area contributed by atoms with Gasteiger partial charge in [-0.1, -0.05) is 30.3 Å². The van der Waals surface area contributed by atoms with Gasteiger partial charge in [-0.3, -0.25) is 19.8 Å². The van der Waals surface area contributed by atoms with Gasteiger partial charge < -0.3 is 10.1 Å². The van der Waals surface area contributed by atoms with E-state index in [0.29, 0.717) is 38.4 Å². The molecule has 1 N–H and O–H groups in total. The van der Waals surface area contributed by atoms with Gasteiger partial charge in [-0.05, 0) is 17.7 Å². The molecule has 2 aromatic rings. The zero-order valence-electron chi connectivity index (χ0n) is 15.3. The van der Waals surface area contributed by atoms with Crippen molar-refractivity contribution in [2.24, 2.45) is 0 Å². The molecule has 1 aliphatic rings. The highest BCUT2D eigenvalue weighted by Crippen LogP contribution is 2.22. The molecule has 1 atom stereocenters. The maximum Gasteiger partial charge on any atom is 0.273 e. The number of hydrogen-bond acceptors (Lipinski definition) is 5. The Morgan fingerprint density at radius 3 is 2.54 bits per heavy atom. The summed E-state index contributed by atoms with van der Waals surface area (Å²) in [5.74, 6) is -0.612. The Kier molecular flexibility index (Phi) is 6.67. The van der Waals surface area contributed by atoms with Gasteiger partial charge in [0, 0.05) is 31.3 Å². The molecule has 0 radical (unpaired) electrons. The molecule has 28 heavy (non-hydrogen) atoms. The van der Waals surface area contributed by atoms with E-state index < -0.39 is 4.92 Å². The standard InChI is InChI=1S/C20H22FN3O4/c21-17-7-5-15(6-8-17)19(23-9-11-28-12-10-23)14-22-20(25)13-16-3-1-2-4-18(16)24(26)27/h1-8,19H,9-14H2,(H,22,25). The molecule has 1 heterocycles. The summed E-state index contributed by atoms with van der Waals surface area (Å²) in [4.78, 5) is 25.2. The number of halogens is 1. The Labute approximate surface area is 162 Å². The van der Waals surface area contributed by atoms with Crippen molar-refractivity contribution in [3.05, 3.63) is 75.6 Å². The number of hydrogen-bond donors (Lipinski definition) is 1. The first-order valence-electron chi connectivity index (χ1n) is 9.11. The van der Waals surface area contributed by atoms with Gasteiger partial charge in [0.1, 0.15) is 5.82 Å². The normalized spacial score (nSPS) is 15.8. The number of para-hydroxylation sites is 1. The van der Waals surface area contributed by atoms with Crippen LogP contribution in [-0.2, 0) is 16.0 Å². The van der Waals surface area contributed by atoms with Crippen LogP contribution in [0.15, 0.2) is 48.5 Å². The third-order valence-electron chi connectivity index (χ3n) is 4.77. The lowest BCUT2D eigenvalue weighted by Gasteiger charge is -2.35. The van der Waals surface area contributed by atoms with Gasteiger partial charge in [-0.2, -0.15) is 0 Å². The third-order valence-corrected chi connectivity index (χ3v) is 4.77. The predicted octanol–water partition coefficient (Wildman–Crippen LogP) is 2.47. The first-order valence-corrected chi connectivity index (χ1v) is 9.11. The van der Waals surface area contributed by atoms with E-state index in [1.54, 1.807) is 30.3 Å². The minimum atomic E-state index is -0.488. The Morgan fingerprint density at radius 2 is 1.86 bits per heavy atom. The van der Waals surface area contributed by atoms with Gasteiger partial charge in [0.2, 0.25) is 5.91 Å². The van der Waals surface area contributed by atoms with Crippen molar-refractivity contribution in [3.8, 4) is 0 Å². The lowest BCUT2D eigenvalue weighted by molar-refractivity contribution is -0.385. The number of carbonyl (C=O) groups excluding carboxylic acids is 1. The molecular weight excluding hydrogens is 365 g/mol. The van der Waals surface area contributed by atoms with Crippen LogP contribution in [0.5, 0.6) is 0 Å². The molecule has 3 rings (SSSR count). The Bertz CT molecular complexity index is 822. The molecule has 0 saturated carbocycles. The number of nitrogens with zero attached hydrogens (tertiary/aromatic N) is 2. The molecule has 1 fully saturated rings. The fraction of sp³-hybridized carbons (Fsp3) is 0.350. The zero-order valence-corrected chi connectivity index (χ0v) is 15.3. The number of morpholine rings is 1. The number of amides is 1. The minimum Gasteiger partial charge on any atom is -0.379 e. The smallest absolute Gasteiger partial charge is 0.273 e. The quantitative estimate of drug-likeness (QED) is 0.583. The molecule has 1 unspecified atom stereocenters. The number of carbonyl (C=O) groups is 1. The monoisotopic (exact) mass is 387 g/mol. The van der Waals surface area contributed by atoms with Crippen molar-refractivity contribution in [1.82, 2.24) is 10.2 Å². The molecule has 8 heteroatoms. The fourth-order valence-corrected chi connectivity index (χ4v) is 3.32. The van der Waals surface area contributed by atoms with Crippen LogP contribution in [0.2, 0.25) is 0 Å². The zero-order chi connectivity index (χ0) is 19.9. The molecule has 148 valence electrons. The molecule has 2 aromatic carbocycles. The second-order valence-corrected chi connectivity index (χ2v) is 6.58. The molecule has 0 aromatic heterocycles. The van der Waals surface area contributed by atoms with E-state index in [1.165, 1.54) is 18.2 Å². The summed E-state index contributed by atoms with van der Waals surface area (Å²) in [6.45, 7) is 2.94. The summed E-state index contributed by atoms with van der Waals surface area (Å²) < 4.78 is 18.7. The Morgan fingerprint density at radius 1 is 1.18 bits per heavy atom. The van der Waals surface area contributed by atoms with Crippen molar-refractivity contribution in [2.75, 3.05) is 32.8 Å². The number of nitrogens with one attached hydrogen (secondary N) is 1. The van der Waals surface area contributed by atoms with Gasteiger partial charge in [0.05, 0.1) is 30.6 Å². The molecule has 0 aliphatic carbocycles. The first-order chi connectivity index (χ1) is 13.5. The van der Waals surface area contributed by atoms with Crippen LogP contribution in [0.4, 0.5) is 10.1 Å². The van der Waals surface area contributed by atoms with E-state index >= 15 is 0 Å². The van der Waals surface area contributed by atoms with Gasteiger partial charge in [0.15, 0.2) is 0 Å². The summed E-state index contributed by atoms with van der Waals surface area (Å²) in [5.41, 5.74) is 1.20. The summed E-state index contributed by atoms with van der Waals surface area (Å²) in [6, 6.07) is 12.3. The van der Waals surface area contributed by atoms with Crippen molar-refractivity contribution in [3.63, 3.8) is 0 Å². The number of benzene rings is 2. The van der Waals surface area contributed by atoms with Gasteiger partial charge in [0.25, 0.3) is 5.69 Å². The third kappa shape index (κ3) is 5.11. The van der Waals surface area contributed by atoms with Gasteiger partial charge in [-0.25, -0.2) is 4.39 Å².